The molecule has 34 heavy (non-hydrogen) atoms. The van der Waals surface area contributed by atoms with Gasteiger partial charge in [-0.3, -0.25) is 9.59 Å². The molecule has 6 heteroatoms. The van der Waals surface area contributed by atoms with Crippen LogP contribution < -0.4 is 5.32 Å². The van der Waals surface area contributed by atoms with Gasteiger partial charge >= 0.3 is 0 Å². The predicted molar refractivity (Wildman–Crippen MR) is 134 cm³/mol. The van der Waals surface area contributed by atoms with E-state index in [4.69, 9.17) is 0 Å². The third kappa shape index (κ3) is 4.57. The minimum absolute atomic E-state index is 0.0151. The lowest BCUT2D eigenvalue weighted by Gasteiger charge is -2.32. The van der Waals surface area contributed by atoms with Gasteiger partial charge in [-0.2, -0.15) is 5.10 Å². The van der Waals surface area contributed by atoms with Crippen molar-refractivity contribution in [2.75, 3.05) is 18.4 Å². The fourth-order valence-corrected chi connectivity index (χ4v) is 4.62. The van der Waals surface area contributed by atoms with Crippen molar-refractivity contribution in [2.45, 2.75) is 26.3 Å². The van der Waals surface area contributed by atoms with Crippen LogP contribution in [0.25, 0.3) is 10.8 Å². The normalized spacial score (nSPS) is 15.9. The Balaban J connectivity index is 1.27. The van der Waals surface area contributed by atoms with Crippen LogP contribution in [0.3, 0.4) is 0 Å². The van der Waals surface area contributed by atoms with Crippen molar-refractivity contribution in [2.24, 2.45) is 5.92 Å². The van der Waals surface area contributed by atoms with E-state index in [0.29, 0.717) is 31.0 Å². The molecule has 4 aromatic rings. The third-order valence-corrected chi connectivity index (χ3v) is 6.52. The molecule has 3 aromatic carbocycles. The number of piperidine rings is 1. The number of likely N-dealkylation sites (tertiary alicyclic amines) is 1. The summed E-state index contributed by atoms with van der Waals surface area (Å²) in [6, 6.07) is 23.8. The van der Waals surface area contributed by atoms with E-state index in [-0.39, 0.29) is 17.7 Å². The maximum Gasteiger partial charge on any atom is 0.254 e. The highest BCUT2D eigenvalue weighted by atomic mass is 16.2. The van der Waals surface area contributed by atoms with Gasteiger partial charge in [0.2, 0.25) is 5.91 Å². The Labute approximate surface area is 199 Å². The maximum absolute atomic E-state index is 13.4. The fraction of sp³-hybridized carbons (Fsp3) is 0.250. The molecule has 172 valence electrons. The smallest absolute Gasteiger partial charge is 0.254 e. The molecule has 1 aliphatic rings. The van der Waals surface area contributed by atoms with E-state index in [1.807, 2.05) is 53.4 Å². The van der Waals surface area contributed by atoms with Gasteiger partial charge in [-0.05, 0) is 42.2 Å². The van der Waals surface area contributed by atoms with Gasteiger partial charge in [0, 0.05) is 24.7 Å². The first-order chi connectivity index (χ1) is 16.6. The highest BCUT2D eigenvalue weighted by molar-refractivity contribution is 6.07. The number of amides is 2. The molecule has 0 radical (unpaired) electrons. The van der Waals surface area contributed by atoms with Gasteiger partial charge in [0.25, 0.3) is 5.91 Å². The Morgan fingerprint density at radius 1 is 1.00 bits per heavy atom. The van der Waals surface area contributed by atoms with Crippen molar-refractivity contribution < 1.29 is 9.59 Å². The third-order valence-electron chi connectivity index (χ3n) is 6.52. The van der Waals surface area contributed by atoms with E-state index in [2.05, 4.69) is 41.6 Å². The molecule has 0 aliphatic carbocycles. The summed E-state index contributed by atoms with van der Waals surface area (Å²) in [7, 11) is 0. The molecule has 0 bridgehead atoms. The molecule has 1 N–H and O–H groups in total. The lowest BCUT2D eigenvalue weighted by atomic mass is 9.95. The molecule has 1 atom stereocenters. The van der Waals surface area contributed by atoms with Gasteiger partial charge in [-0.15, -0.1) is 0 Å². The van der Waals surface area contributed by atoms with Gasteiger partial charge in [-0.1, -0.05) is 66.2 Å². The molecule has 1 aromatic heterocycles. The van der Waals surface area contributed by atoms with E-state index in [1.54, 1.807) is 10.9 Å². The largest absolute Gasteiger partial charge is 0.338 e. The molecule has 1 aliphatic heterocycles. The van der Waals surface area contributed by atoms with Crippen molar-refractivity contribution in [1.82, 2.24) is 14.7 Å². The number of fused-ring (bicyclic) bond motifs is 1. The lowest BCUT2D eigenvalue weighted by Crippen LogP contribution is -2.44. The number of carbonyl (C=O) groups is 2. The first-order valence-electron chi connectivity index (χ1n) is 11.7. The first-order valence-corrected chi connectivity index (χ1v) is 11.7. The zero-order chi connectivity index (χ0) is 23.5. The van der Waals surface area contributed by atoms with Crippen molar-refractivity contribution in [3.05, 3.63) is 95.7 Å². The zero-order valence-corrected chi connectivity index (χ0v) is 19.3. The van der Waals surface area contributed by atoms with Gasteiger partial charge in [0.05, 0.1) is 18.7 Å². The summed E-state index contributed by atoms with van der Waals surface area (Å²) >= 11 is 0. The fourth-order valence-electron chi connectivity index (χ4n) is 4.62. The van der Waals surface area contributed by atoms with Crippen LogP contribution in [0.1, 0.15) is 34.3 Å². The summed E-state index contributed by atoms with van der Waals surface area (Å²) in [5.41, 5.74) is 3.02. The summed E-state index contributed by atoms with van der Waals surface area (Å²) in [5.74, 6) is 0.332. The summed E-state index contributed by atoms with van der Waals surface area (Å²) in [5, 5.41) is 9.41. The van der Waals surface area contributed by atoms with E-state index in [1.165, 1.54) is 5.56 Å². The second-order valence-electron chi connectivity index (χ2n) is 8.97. The van der Waals surface area contributed by atoms with Crippen LogP contribution >= 0.6 is 0 Å². The molecule has 1 fully saturated rings. The number of hydrogen-bond acceptors (Lipinski definition) is 3. The van der Waals surface area contributed by atoms with Crippen molar-refractivity contribution in [1.29, 1.82) is 0 Å². The summed E-state index contributed by atoms with van der Waals surface area (Å²) in [6.07, 6.45) is 3.26. The predicted octanol–water partition coefficient (Wildman–Crippen LogP) is 4.88. The molecule has 1 unspecified atom stereocenters. The molecule has 0 spiro atoms. The molecular weight excluding hydrogens is 424 g/mol. The molecule has 2 amide bonds. The summed E-state index contributed by atoms with van der Waals surface area (Å²) in [6.45, 7) is 3.72. The van der Waals surface area contributed by atoms with Crippen LogP contribution in [0.4, 0.5) is 5.82 Å². The lowest BCUT2D eigenvalue weighted by molar-refractivity contribution is -0.121. The van der Waals surface area contributed by atoms with Crippen LogP contribution in [-0.2, 0) is 11.3 Å². The number of aryl methyl sites for hydroxylation is 1. The van der Waals surface area contributed by atoms with Crippen molar-refractivity contribution in [3.63, 3.8) is 0 Å². The highest BCUT2D eigenvalue weighted by Gasteiger charge is 2.30. The van der Waals surface area contributed by atoms with E-state index < -0.39 is 0 Å². The summed E-state index contributed by atoms with van der Waals surface area (Å²) < 4.78 is 1.80. The van der Waals surface area contributed by atoms with E-state index in [9.17, 15) is 9.59 Å². The van der Waals surface area contributed by atoms with Gasteiger partial charge in [-0.25, -0.2) is 4.68 Å². The number of aromatic nitrogens is 2. The SMILES string of the molecule is Cc1ccc(Cn2nccc2NC(=O)C2CCCN(C(=O)c3cccc4ccccc34)C2)cc1. The Morgan fingerprint density at radius 2 is 1.79 bits per heavy atom. The Bertz CT molecular complexity index is 1320. The van der Waals surface area contributed by atoms with E-state index >= 15 is 0 Å². The van der Waals surface area contributed by atoms with Crippen LogP contribution in [-0.4, -0.2) is 39.6 Å². The number of nitrogens with one attached hydrogen (secondary N) is 1. The zero-order valence-electron chi connectivity index (χ0n) is 19.3. The topological polar surface area (TPSA) is 67.2 Å². The number of nitrogens with zero attached hydrogens (tertiary/aromatic N) is 3. The number of anilines is 1. The first kappa shape index (κ1) is 21.9. The Morgan fingerprint density at radius 3 is 2.65 bits per heavy atom. The number of rotatable bonds is 5. The van der Waals surface area contributed by atoms with Crippen LogP contribution in [0, 0.1) is 12.8 Å². The standard InChI is InChI=1S/C28H28N4O2/c1-20-11-13-21(14-12-20)18-32-26(15-16-29-32)30-27(33)23-8-5-17-31(19-23)28(34)25-10-4-7-22-6-2-3-9-24(22)25/h2-4,6-7,9-16,23H,5,8,17-19H2,1H3,(H,30,33). The van der Waals surface area contributed by atoms with Gasteiger partial charge in [0.15, 0.2) is 0 Å². The Hall–Kier alpha value is -3.93. The monoisotopic (exact) mass is 452 g/mol. The molecule has 2 heterocycles. The molecule has 6 nitrogen and oxygen atoms in total. The van der Waals surface area contributed by atoms with Crippen LogP contribution in [0.5, 0.6) is 0 Å². The van der Waals surface area contributed by atoms with Gasteiger partial charge < -0.3 is 10.2 Å². The Kier molecular flexibility index (Phi) is 6.12. The number of hydrogen-bond donors (Lipinski definition) is 1. The van der Waals surface area contributed by atoms with Gasteiger partial charge in [0.1, 0.15) is 5.82 Å². The summed E-state index contributed by atoms with van der Waals surface area (Å²) in [4.78, 5) is 28.3. The van der Waals surface area contributed by atoms with Crippen LogP contribution in [0.15, 0.2) is 79.0 Å². The minimum atomic E-state index is -0.254. The van der Waals surface area contributed by atoms with E-state index in [0.717, 1.165) is 29.2 Å². The second kappa shape index (κ2) is 9.51. The minimum Gasteiger partial charge on any atom is -0.338 e. The molecule has 1 saturated heterocycles. The van der Waals surface area contributed by atoms with Crippen molar-refractivity contribution in [3.8, 4) is 0 Å². The van der Waals surface area contributed by atoms with Crippen LogP contribution in [0.2, 0.25) is 0 Å². The average Bonchev–Trinajstić information content (AvgIpc) is 3.31. The highest BCUT2D eigenvalue weighted by Crippen LogP contribution is 2.24. The molecule has 5 rings (SSSR count). The average molecular weight is 453 g/mol. The number of benzene rings is 3. The quantitative estimate of drug-likeness (QED) is 0.469. The van der Waals surface area contributed by atoms with Crippen molar-refractivity contribution >= 4 is 28.4 Å². The molecular formula is C28H28N4O2. The second-order valence-corrected chi connectivity index (χ2v) is 8.97. The number of carbonyl (C=O) groups excluding carboxylic acids is 2. The molecule has 0 saturated carbocycles. The maximum atomic E-state index is 13.4.